The van der Waals surface area contributed by atoms with Gasteiger partial charge in [0.1, 0.15) is 10.7 Å². The Kier molecular flexibility index (Phi) is 9.34. The van der Waals surface area contributed by atoms with Crippen LogP contribution in [-0.2, 0) is 10.0 Å². The number of rotatable bonds is 9. The van der Waals surface area contributed by atoms with Gasteiger partial charge in [-0.05, 0) is 13.0 Å². The van der Waals surface area contributed by atoms with Crippen LogP contribution in [0.3, 0.4) is 0 Å². The maximum absolute atomic E-state index is 13.9. The lowest BCUT2D eigenvalue weighted by molar-refractivity contribution is 0.350. The van der Waals surface area contributed by atoms with Gasteiger partial charge in [-0.15, -0.1) is 12.4 Å². The first-order chi connectivity index (χ1) is 9.96. The molecule has 0 spiro atoms. The van der Waals surface area contributed by atoms with Crippen LogP contribution in [0.5, 0.6) is 11.5 Å². The zero-order valence-electron chi connectivity index (χ0n) is 12.8. The molecule has 0 aliphatic heterocycles. The van der Waals surface area contributed by atoms with Gasteiger partial charge >= 0.3 is 0 Å². The summed E-state index contributed by atoms with van der Waals surface area (Å²) in [6.45, 7) is 3.46. The fourth-order valence-corrected chi connectivity index (χ4v) is 2.80. The Morgan fingerprint density at radius 3 is 2.23 bits per heavy atom. The molecular weight excluding hydrogens is 335 g/mol. The summed E-state index contributed by atoms with van der Waals surface area (Å²) in [6, 6.07) is 2.10. The van der Waals surface area contributed by atoms with Crippen LogP contribution in [0.2, 0.25) is 0 Å². The smallest absolute Gasteiger partial charge is 0.243 e. The number of halogens is 2. The molecule has 0 atom stereocenters. The van der Waals surface area contributed by atoms with Crippen LogP contribution in [0.25, 0.3) is 0 Å². The maximum atomic E-state index is 13.9. The summed E-state index contributed by atoms with van der Waals surface area (Å²) in [4.78, 5) is -0.462. The van der Waals surface area contributed by atoms with Gasteiger partial charge in [0.15, 0.2) is 11.5 Å². The van der Waals surface area contributed by atoms with Crippen molar-refractivity contribution in [2.45, 2.75) is 18.2 Å². The predicted molar refractivity (Wildman–Crippen MR) is 85.1 cm³/mol. The molecule has 2 N–H and O–H groups in total. The van der Waals surface area contributed by atoms with Crippen molar-refractivity contribution in [3.05, 3.63) is 17.9 Å². The molecule has 1 rings (SSSR count). The molecule has 0 aliphatic rings. The van der Waals surface area contributed by atoms with E-state index in [1.807, 2.05) is 6.92 Å². The van der Waals surface area contributed by atoms with E-state index < -0.39 is 20.7 Å². The van der Waals surface area contributed by atoms with Gasteiger partial charge in [-0.3, -0.25) is 0 Å². The molecule has 6 nitrogen and oxygen atoms in total. The minimum absolute atomic E-state index is 0. The number of sulfonamides is 1. The molecule has 0 saturated heterocycles. The van der Waals surface area contributed by atoms with Gasteiger partial charge in [0, 0.05) is 25.2 Å². The van der Waals surface area contributed by atoms with Crippen LogP contribution in [0, 0.1) is 5.82 Å². The number of hydrogen-bond acceptors (Lipinski definition) is 5. The molecule has 0 fully saturated rings. The van der Waals surface area contributed by atoms with E-state index in [1.165, 1.54) is 14.2 Å². The Morgan fingerprint density at radius 2 is 1.68 bits per heavy atom. The van der Waals surface area contributed by atoms with Crippen LogP contribution in [-0.4, -0.2) is 42.3 Å². The average Bonchev–Trinajstić information content (AvgIpc) is 2.46. The average molecular weight is 357 g/mol. The quantitative estimate of drug-likeness (QED) is 0.656. The third-order valence-corrected chi connectivity index (χ3v) is 4.22. The van der Waals surface area contributed by atoms with Gasteiger partial charge in [-0.2, -0.15) is 0 Å². The highest BCUT2D eigenvalue weighted by atomic mass is 35.5. The lowest BCUT2D eigenvalue weighted by Crippen LogP contribution is -2.32. The number of nitrogens with one attached hydrogen (secondary N) is 2. The van der Waals surface area contributed by atoms with Crippen LogP contribution in [0.4, 0.5) is 4.39 Å². The first-order valence-electron chi connectivity index (χ1n) is 6.58. The van der Waals surface area contributed by atoms with Crippen molar-refractivity contribution >= 4 is 22.4 Å². The lowest BCUT2D eigenvalue weighted by Gasteiger charge is -2.12. The molecule has 1 aromatic carbocycles. The highest BCUT2D eigenvalue weighted by Crippen LogP contribution is 2.31. The van der Waals surface area contributed by atoms with Crippen molar-refractivity contribution in [1.29, 1.82) is 0 Å². The van der Waals surface area contributed by atoms with E-state index in [2.05, 4.69) is 10.0 Å². The molecule has 128 valence electrons. The SMILES string of the molecule is CCCNCCNS(=O)(=O)c1cc(OC)c(OC)cc1F.Cl. The Morgan fingerprint density at radius 1 is 1.09 bits per heavy atom. The maximum Gasteiger partial charge on any atom is 0.243 e. The highest BCUT2D eigenvalue weighted by molar-refractivity contribution is 7.89. The predicted octanol–water partition coefficient (Wildman–Crippen LogP) is 1.54. The summed E-state index contributed by atoms with van der Waals surface area (Å²) >= 11 is 0. The summed E-state index contributed by atoms with van der Waals surface area (Å²) in [6.07, 6.45) is 0.955. The Balaban J connectivity index is 0.00000441. The van der Waals surface area contributed by atoms with Gasteiger partial charge in [0.05, 0.1) is 14.2 Å². The Hall–Kier alpha value is -1.09. The fraction of sp³-hybridized carbons (Fsp3) is 0.538. The molecule has 0 radical (unpaired) electrons. The van der Waals surface area contributed by atoms with E-state index in [0.717, 1.165) is 25.1 Å². The molecule has 1 aromatic rings. The fourth-order valence-electron chi connectivity index (χ4n) is 1.69. The van der Waals surface area contributed by atoms with Crippen molar-refractivity contribution in [1.82, 2.24) is 10.0 Å². The van der Waals surface area contributed by atoms with E-state index in [0.29, 0.717) is 6.54 Å². The molecule has 0 heterocycles. The lowest BCUT2D eigenvalue weighted by atomic mass is 10.3. The molecule has 0 unspecified atom stereocenters. The number of hydrogen-bond donors (Lipinski definition) is 2. The normalized spacial score (nSPS) is 10.9. The van der Waals surface area contributed by atoms with E-state index in [1.54, 1.807) is 0 Å². The topological polar surface area (TPSA) is 76.7 Å². The summed E-state index contributed by atoms with van der Waals surface area (Å²) in [5, 5.41) is 3.05. The van der Waals surface area contributed by atoms with Crippen molar-refractivity contribution in [3.63, 3.8) is 0 Å². The van der Waals surface area contributed by atoms with Crippen LogP contribution in [0.15, 0.2) is 17.0 Å². The largest absolute Gasteiger partial charge is 0.493 e. The van der Waals surface area contributed by atoms with Gasteiger partial charge in [0.25, 0.3) is 0 Å². The van der Waals surface area contributed by atoms with Crippen molar-refractivity contribution in [3.8, 4) is 11.5 Å². The molecule has 0 aliphatic carbocycles. The zero-order chi connectivity index (χ0) is 15.9. The molecule has 9 heteroatoms. The number of benzene rings is 1. The third-order valence-electron chi connectivity index (χ3n) is 2.75. The van der Waals surface area contributed by atoms with Gasteiger partial charge in [0.2, 0.25) is 10.0 Å². The van der Waals surface area contributed by atoms with E-state index in [9.17, 15) is 12.8 Å². The molecule has 0 bridgehead atoms. The molecule has 0 saturated carbocycles. The van der Waals surface area contributed by atoms with Crippen LogP contribution in [0.1, 0.15) is 13.3 Å². The second kappa shape index (κ2) is 9.83. The zero-order valence-corrected chi connectivity index (χ0v) is 14.4. The van der Waals surface area contributed by atoms with E-state index in [4.69, 9.17) is 9.47 Å². The molecule has 0 aromatic heterocycles. The van der Waals surface area contributed by atoms with E-state index in [-0.39, 0.29) is 30.5 Å². The minimum atomic E-state index is -3.94. The van der Waals surface area contributed by atoms with Crippen molar-refractivity contribution in [2.75, 3.05) is 33.9 Å². The summed E-state index contributed by atoms with van der Waals surface area (Å²) in [5.41, 5.74) is 0. The highest BCUT2D eigenvalue weighted by Gasteiger charge is 2.22. The van der Waals surface area contributed by atoms with Crippen LogP contribution >= 0.6 is 12.4 Å². The molecular formula is C13H22ClFN2O4S. The molecule has 0 amide bonds. The first kappa shape index (κ1) is 20.9. The Labute approximate surface area is 136 Å². The monoisotopic (exact) mass is 356 g/mol. The van der Waals surface area contributed by atoms with Gasteiger partial charge < -0.3 is 14.8 Å². The summed E-state index contributed by atoms with van der Waals surface area (Å²) < 4.78 is 50.3. The minimum Gasteiger partial charge on any atom is -0.493 e. The summed E-state index contributed by atoms with van der Waals surface area (Å²) in [5.74, 6) is -0.594. The second-order valence-electron chi connectivity index (χ2n) is 4.29. The van der Waals surface area contributed by atoms with E-state index >= 15 is 0 Å². The number of methoxy groups -OCH3 is 2. The van der Waals surface area contributed by atoms with Crippen molar-refractivity contribution < 1.29 is 22.3 Å². The Bertz CT molecular complexity index is 569. The third kappa shape index (κ3) is 5.60. The first-order valence-corrected chi connectivity index (χ1v) is 8.06. The second-order valence-corrected chi connectivity index (χ2v) is 6.02. The van der Waals surface area contributed by atoms with Gasteiger partial charge in [-0.1, -0.05) is 6.92 Å². The van der Waals surface area contributed by atoms with Crippen molar-refractivity contribution in [2.24, 2.45) is 0 Å². The van der Waals surface area contributed by atoms with Crippen LogP contribution < -0.4 is 19.5 Å². The standard InChI is InChI=1S/C13H21FN2O4S.ClH/c1-4-5-15-6-7-16-21(17,18)13-9-12(20-3)11(19-2)8-10(13)14;/h8-9,15-16H,4-7H2,1-3H3;1H. The number of ether oxygens (including phenoxy) is 2. The molecule has 22 heavy (non-hydrogen) atoms. The summed E-state index contributed by atoms with van der Waals surface area (Å²) in [7, 11) is -1.23. The van der Waals surface area contributed by atoms with Gasteiger partial charge in [-0.25, -0.2) is 17.5 Å².